The molecule has 6 nitrogen and oxygen atoms in total. The lowest BCUT2D eigenvalue weighted by atomic mass is 10.1. The van der Waals surface area contributed by atoms with Crippen LogP contribution in [0.5, 0.6) is 5.75 Å². The normalized spacial score (nSPS) is 10.7. The zero-order valence-electron chi connectivity index (χ0n) is 9.69. The summed E-state index contributed by atoms with van der Waals surface area (Å²) in [6.07, 6.45) is 1.48. The van der Waals surface area contributed by atoms with Crippen LogP contribution < -0.4 is 0 Å². The van der Waals surface area contributed by atoms with Crippen molar-refractivity contribution < 1.29 is 15.0 Å². The predicted octanol–water partition coefficient (Wildman–Crippen LogP) is 1.80. The van der Waals surface area contributed by atoms with Gasteiger partial charge in [-0.3, -0.25) is 4.40 Å². The molecule has 0 aliphatic heterocycles. The van der Waals surface area contributed by atoms with Gasteiger partial charge in [0.1, 0.15) is 5.75 Å². The first-order chi connectivity index (χ1) is 9.15. The second-order valence-corrected chi connectivity index (χ2v) is 4.03. The van der Waals surface area contributed by atoms with E-state index in [-0.39, 0.29) is 11.3 Å². The molecule has 0 atom stereocenters. The van der Waals surface area contributed by atoms with Crippen molar-refractivity contribution in [2.24, 2.45) is 0 Å². The molecule has 2 heterocycles. The van der Waals surface area contributed by atoms with Crippen LogP contribution in [0.1, 0.15) is 10.4 Å². The Labute approximate surface area is 107 Å². The van der Waals surface area contributed by atoms with Gasteiger partial charge in [0.15, 0.2) is 11.5 Å². The Morgan fingerprint density at radius 2 is 2.00 bits per heavy atom. The molecule has 2 aromatic heterocycles. The van der Waals surface area contributed by atoms with E-state index in [2.05, 4.69) is 10.2 Å². The number of hydrogen-bond acceptors (Lipinski definition) is 4. The number of rotatable bonds is 2. The number of aromatic nitrogens is 3. The molecular weight excluding hydrogens is 246 g/mol. The molecule has 1 aromatic carbocycles. The first kappa shape index (κ1) is 11.2. The smallest absolute Gasteiger partial charge is 0.335 e. The second kappa shape index (κ2) is 4.09. The minimum Gasteiger partial charge on any atom is -0.506 e. The number of carboxylic acids is 1. The van der Waals surface area contributed by atoms with Crippen molar-refractivity contribution in [1.82, 2.24) is 14.6 Å². The summed E-state index contributed by atoms with van der Waals surface area (Å²) in [6.45, 7) is 0. The van der Waals surface area contributed by atoms with Crippen molar-refractivity contribution in [3.05, 3.63) is 48.2 Å². The largest absolute Gasteiger partial charge is 0.506 e. The van der Waals surface area contributed by atoms with Gasteiger partial charge in [0.2, 0.25) is 0 Å². The summed E-state index contributed by atoms with van der Waals surface area (Å²) in [5.74, 6) is -0.435. The van der Waals surface area contributed by atoms with Gasteiger partial charge >= 0.3 is 5.97 Å². The fraction of sp³-hybridized carbons (Fsp3) is 0. The zero-order valence-corrected chi connectivity index (χ0v) is 9.69. The fourth-order valence-electron chi connectivity index (χ4n) is 1.87. The molecule has 2 N–H and O–H groups in total. The lowest BCUT2D eigenvalue weighted by Crippen LogP contribution is -1.97. The molecule has 0 bridgehead atoms. The molecule has 3 rings (SSSR count). The summed E-state index contributed by atoms with van der Waals surface area (Å²) < 4.78 is 1.61. The first-order valence-electron chi connectivity index (χ1n) is 5.52. The Morgan fingerprint density at radius 3 is 2.79 bits per heavy atom. The third-order valence-corrected chi connectivity index (χ3v) is 2.75. The zero-order chi connectivity index (χ0) is 13.4. The SMILES string of the molecule is O=C(O)c1cccc(-c2nnc3ccc(O)cn23)c1. The van der Waals surface area contributed by atoms with E-state index in [1.54, 1.807) is 22.6 Å². The molecule has 19 heavy (non-hydrogen) atoms. The van der Waals surface area contributed by atoms with E-state index < -0.39 is 5.97 Å². The summed E-state index contributed by atoms with van der Waals surface area (Å²) >= 11 is 0. The summed E-state index contributed by atoms with van der Waals surface area (Å²) in [6, 6.07) is 9.55. The number of aromatic carboxylic acids is 1. The van der Waals surface area contributed by atoms with Gasteiger partial charge in [0.25, 0.3) is 0 Å². The molecule has 0 saturated carbocycles. The van der Waals surface area contributed by atoms with Gasteiger partial charge in [-0.1, -0.05) is 12.1 Å². The van der Waals surface area contributed by atoms with Crippen LogP contribution in [0, 0.1) is 0 Å². The van der Waals surface area contributed by atoms with Gasteiger partial charge < -0.3 is 10.2 Å². The van der Waals surface area contributed by atoms with Crippen LogP contribution in [-0.2, 0) is 0 Å². The van der Waals surface area contributed by atoms with Crippen molar-refractivity contribution in [2.75, 3.05) is 0 Å². The van der Waals surface area contributed by atoms with Crippen molar-refractivity contribution in [2.45, 2.75) is 0 Å². The van der Waals surface area contributed by atoms with E-state index in [9.17, 15) is 9.90 Å². The summed E-state index contributed by atoms with van der Waals surface area (Å²) in [5.41, 5.74) is 1.38. The molecule has 0 radical (unpaired) electrons. The lowest BCUT2D eigenvalue weighted by molar-refractivity contribution is 0.0697. The highest BCUT2D eigenvalue weighted by atomic mass is 16.4. The number of benzene rings is 1. The number of hydrogen-bond donors (Lipinski definition) is 2. The molecule has 3 aromatic rings. The highest BCUT2D eigenvalue weighted by Gasteiger charge is 2.10. The van der Waals surface area contributed by atoms with Crippen LogP contribution in [0.15, 0.2) is 42.6 Å². The Hall–Kier alpha value is -2.89. The van der Waals surface area contributed by atoms with E-state index in [4.69, 9.17) is 5.11 Å². The van der Waals surface area contributed by atoms with Gasteiger partial charge in [0, 0.05) is 5.56 Å². The van der Waals surface area contributed by atoms with Crippen molar-refractivity contribution >= 4 is 11.6 Å². The second-order valence-electron chi connectivity index (χ2n) is 4.03. The van der Waals surface area contributed by atoms with E-state index >= 15 is 0 Å². The van der Waals surface area contributed by atoms with Crippen LogP contribution in [0.2, 0.25) is 0 Å². The van der Waals surface area contributed by atoms with Crippen molar-refractivity contribution in [3.8, 4) is 17.1 Å². The Balaban J connectivity index is 2.21. The maximum atomic E-state index is 11.0. The van der Waals surface area contributed by atoms with Gasteiger partial charge in [-0.2, -0.15) is 0 Å². The number of aromatic hydroxyl groups is 1. The van der Waals surface area contributed by atoms with Crippen molar-refractivity contribution in [1.29, 1.82) is 0 Å². The predicted molar refractivity (Wildman–Crippen MR) is 67.0 cm³/mol. The van der Waals surface area contributed by atoms with Crippen LogP contribution in [0.4, 0.5) is 0 Å². The van der Waals surface area contributed by atoms with Crippen LogP contribution in [-0.4, -0.2) is 30.8 Å². The minimum absolute atomic E-state index is 0.0861. The third kappa shape index (κ3) is 1.89. The summed E-state index contributed by atoms with van der Waals surface area (Å²) in [7, 11) is 0. The summed E-state index contributed by atoms with van der Waals surface area (Å²) in [5, 5.41) is 26.5. The number of pyridine rings is 1. The molecule has 0 aliphatic carbocycles. The lowest BCUT2D eigenvalue weighted by Gasteiger charge is -2.02. The van der Waals surface area contributed by atoms with Gasteiger partial charge in [-0.25, -0.2) is 4.79 Å². The summed E-state index contributed by atoms with van der Waals surface area (Å²) in [4.78, 5) is 11.0. The van der Waals surface area contributed by atoms with E-state index in [1.807, 2.05) is 0 Å². The first-order valence-corrected chi connectivity index (χ1v) is 5.52. The average molecular weight is 255 g/mol. The van der Waals surface area contributed by atoms with E-state index in [0.29, 0.717) is 17.0 Å². The molecule has 0 fully saturated rings. The third-order valence-electron chi connectivity index (χ3n) is 2.75. The average Bonchev–Trinajstić information content (AvgIpc) is 2.81. The standard InChI is InChI=1S/C13H9N3O3/c17-10-4-5-11-14-15-12(16(11)7-10)8-2-1-3-9(6-8)13(18)19/h1-7,17H,(H,18,19). The number of carboxylic acid groups (broad SMARTS) is 1. The van der Waals surface area contributed by atoms with Gasteiger partial charge in [-0.05, 0) is 24.3 Å². The maximum absolute atomic E-state index is 11.0. The Kier molecular flexibility index (Phi) is 2.42. The molecule has 6 heteroatoms. The molecule has 0 amide bonds. The maximum Gasteiger partial charge on any atom is 0.335 e. The fourth-order valence-corrected chi connectivity index (χ4v) is 1.87. The van der Waals surface area contributed by atoms with Crippen LogP contribution >= 0.6 is 0 Å². The molecule has 94 valence electrons. The van der Waals surface area contributed by atoms with Crippen molar-refractivity contribution in [3.63, 3.8) is 0 Å². The number of nitrogens with zero attached hydrogens (tertiary/aromatic N) is 3. The highest BCUT2D eigenvalue weighted by molar-refractivity contribution is 5.89. The number of carbonyl (C=O) groups is 1. The Bertz CT molecular complexity index is 780. The molecule has 0 saturated heterocycles. The van der Waals surface area contributed by atoms with E-state index in [0.717, 1.165) is 0 Å². The monoisotopic (exact) mass is 255 g/mol. The topological polar surface area (TPSA) is 87.7 Å². The molecule has 0 unspecified atom stereocenters. The molecule has 0 spiro atoms. The quantitative estimate of drug-likeness (QED) is 0.729. The van der Waals surface area contributed by atoms with Crippen LogP contribution in [0.3, 0.4) is 0 Å². The molecular formula is C13H9N3O3. The van der Waals surface area contributed by atoms with Gasteiger partial charge in [-0.15, -0.1) is 10.2 Å². The number of fused-ring (bicyclic) bond motifs is 1. The van der Waals surface area contributed by atoms with E-state index in [1.165, 1.54) is 24.4 Å². The minimum atomic E-state index is -1.00. The Morgan fingerprint density at radius 1 is 1.16 bits per heavy atom. The molecule has 0 aliphatic rings. The van der Waals surface area contributed by atoms with Gasteiger partial charge in [0.05, 0.1) is 11.8 Å². The van der Waals surface area contributed by atoms with Crippen LogP contribution in [0.25, 0.3) is 17.0 Å². The highest BCUT2D eigenvalue weighted by Crippen LogP contribution is 2.21.